The maximum atomic E-state index is 10.7. The monoisotopic (exact) mass is 206 g/mol. The average molecular weight is 206 g/mol. The smallest absolute Gasteiger partial charge is 0.299 e. The Morgan fingerprint density at radius 2 is 2.20 bits per heavy atom. The Morgan fingerprint density at radius 1 is 1.47 bits per heavy atom. The standard InChI is InChI=1S/C10H10N2O3/c11-9-6-3-5-8(4-1-2-7-13)10(9)12(14)15/h1,3-7H,2,11H2. The van der Waals surface area contributed by atoms with E-state index in [0.29, 0.717) is 11.8 Å². The molecule has 0 radical (unpaired) electrons. The van der Waals surface area contributed by atoms with Gasteiger partial charge in [-0.25, -0.2) is 0 Å². The van der Waals surface area contributed by atoms with Crippen LogP contribution in [0.1, 0.15) is 12.0 Å². The summed E-state index contributed by atoms with van der Waals surface area (Å²) < 4.78 is 0. The molecule has 78 valence electrons. The maximum Gasteiger partial charge on any atom is 0.299 e. The molecule has 5 heteroatoms. The zero-order valence-electron chi connectivity index (χ0n) is 7.92. The first-order valence-corrected chi connectivity index (χ1v) is 4.30. The fraction of sp³-hybridized carbons (Fsp3) is 0.100. The molecule has 1 aromatic carbocycles. The summed E-state index contributed by atoms with van der Waals surface area (Å²) in [5.41, 5.74) is 5.88. The quantitative estimate of drug-likeness (QED) is 0.352. The molecular formula is C10H10N2O3. The SMILES string of the molecule is Nc1cccc(C=CCC=O)c1[N+](=O)[O-]. The molecule has 0 saturated carbocycles. The number of rotatable bonds is 4. The van der Waals surface area contributed by atoms with Crippen LogP contribution in [0.5, 0.6) is 0 Å². The fourth-order valence-corrected chi connectivity index (χ4v) is 1.18. The number of hydrogen-bond acceptors (Lipinski definition) is 4. The van der Waals surface area contributed by atoms with Crippen molar-refractivity contribution in [1.82, 2.24) is 0 Å². The Hall–Kier alpha value is -2.17. The predicted molar refractivity (Wildman–Crippen MR) is 57.2 cm³/mol. The number of nitrogen functional groups attached to an aromatic ring is 1. The van der Waals surface area contributed by atoms with E-state index < -0.39 is 4.92 Å². The molecule has 1 rings (SSSR count). The molecule has 0 aliphatic rings. The molecule has 0 fully saturated rings. The summed E-state index contributed by atoms with van der Waals surface area (Å²) in [5.74, 6) is 0. The number of benzene rings is 1. The van der Waals surface area contributed by atoms with Gasteiger partial charge in [-0.05, 0) is 12.1 Å². The molecule has 0 spiro atoms. The van der Waals surface area contributed by atoms with E-state index >= 15 is 0 Å². The van der Waals surface area contributed by atoms with Gasteiger partial charge in [0, 0.05) is 6.42 Å². The van der Waals surface area contributed by atoms with Crippen LogP contribution in [0.25, 0.3) is 6.08 Å². The molecule has 0 saturated heterocycles. The zero-order chi connectivity index (χ0) is 11.3. The van der Waals surface area contributed by atoms with Crippen molar-refractivity contribution in [2.45, 2.75) is 6.42 Å². The third-order valence-corrected chi connectivity index (χ3v) is 1.81. The molecule has 2 N–H and O–H groups in total. The number of aldehydes is 1. The highest BCUT2D eigenvalue weighted by Crippen LogP contribution is 2.26. The topological polar surface area (TPSA) is 86.2 Å². The zero-order valence-corrected chi connectivity index (χ0v) is 7.92. The molecule has 0 heterocycles. The van der Waals surface area contributed by atoms with Crippen molar-refractivity contribution in [1.29, 1.82) is 0 Å². The van der Waals surface area contributed by atoms with E-state index in [9.17, 15) is 14.9 Å². The first kappa shape index (κ1) is 10.9. The third kappa shape index (κ3) is 2.63. The number of anilines is 1. The second-order valence-corrected chi connectivity index (χ2v) is 2.85. The Morgan fingerprint density at radius 3 is 2.80 bits per heavy atom. The Labute approximate surface area is 86.4 Å². The van der Waals surface area contributed by atoms with Crippen LogP contribution in [-0.4, -0.2) is 11.2 Å². The Kier molecular flexibility index (Phi) is 3.56. The Balaban J connectivity index is 3.11. The van der Waals surface area contributed by atoms with Crippen molar-refractivity contribution in [3.8, 4) is 0 Å². The van der Waals surface area contributed by atoms with Gasteiger partial charge in [-0.3, -0.25) is 10.1 Å². The van der Waals surface area contributed by atoms with Gasteiger partial charge in [-0.2, -0.15) is 0 Å². The lowest BCUT2D eigenvalue weighted by molar-refractivity contribution is -0.384. The van der Waals surface area contributed by atoms with Crippen molar-refractivity contribution in [2.75, 3.05) is 5.73 Å². The highest BCUT2D eigenvalue weighted by Gasteiger charge is 2.14. The Bertz CT molecular complexity index is 413. The van der Waals surface area contributed by atoms with E-state index in [4.69, 9.17) is 5.73 Å². The van der Waals surface area contributed by atoms with Gasteiger partial charge in [-0.15, -0.1) is 0 Å². The highest BCUT2D eigenvalue weighted by atomic mass is 16.6. The minimum absolute atomic E-state index is 0.119. The van der Waals surface area contributed by atoms with Crippen LogP contribution in [0.2, 0.25) is 0 Å². The van der Waals surface area contributed by atoms with E-state index in [0.717, 1.165) is 0 Å². The van der Waals surface area contributed by atoms with Crippen LogP contribution < -0.4 is 5.73 Å². The van der Waals surface area contributed by atoms with Crippen LogP contribution in [-0.2, 0) is 4.79 Å². The third-order valence-electron chi connectivity index (χ3n) is 1.81. The number of nitrogens with two attached hydrogens (primary N) is 1. The summed E-state index contributed by atoms with van der Waals surface area (Å²) in [5, 5.41) is 10.7. The minimum Gasteiger partial charge on any atom is -0.393 e. The lowest BCUT2D eigenvalue weighted by Crippen LogP contribution is -1.97. The van der Waals surface area contributed by atoms with Gasteiger partial charge >= 0.3 is 0 Å². The lowest BCUT2D eigenvalue weighted by atomic mass is 10.1. The van der Waals surface area contributed by atoms with E-state index in [2.05, 4.69) is 0 Å². The number of hydrogen-bond donors (Lipinski definition) is 1. The number of carbonyl (C=O) groups is 1. The minimum atomic E-state index is -0.532. The van der Waals surface area contributed by atoms with E-state index in [-0.39, 0.29) is 17.8 Å². The molecular weight excluding hydrogens is 196 g/mol. The molecule has 5 nitrogen and oxygen atoms in total. The number of allylic oxidation sites excluding steroid dienone is 1. The molecule has 15 heavy (non-hydrogen) atoms. The molecule has 0 bridgehead atoms. The molecule has 0 atom stereocenters. The summed E-state index contributed by atoms with van der Waals surface area (Å²) in [6.07, 6.45) is 4.01. The maximum absolute atomic E-state index is 10.7. The highest BCUT2D eigenvalue weighted by molar-refractivity contribution is 5.72. The first-order valence-electron chi connectivity index (χ1n) is 4.30. The van der Waals surface area contributed by atoms with Gasteiger partial charge < -0.3 is 10.5 Å². The molecule has 0 amide bonds. The van der Waals surface area contributed by atoms with Crippen LogP contribution >= 0.6 is 0 Å². The summed E-state index contributed by atoms with van der Waals surface area (Å²) in [7, 11) is 0. The van der Waals surface area contributed by atoms with Gasteiger partial charge in [0.2, 0.25) is 0 Å². The molecule has 0 aliphatic carbocycles. The number of nitrogens with zero attached hydrogens (tertiary/aromatic N) is 1. The molecule has 0 aromatic heterocycles. The van der Waals surface area contributed by atoms with Crippen LogP contribution in [0.4, 0.5) is 11.4 Å². The number of nitro benzene ring substituents is 1. The van der Waals surface area contributed by atoms with Crippen molar-refractivity contribution >= 4 is 23.7 Å². The number of para-hydroxylation sites is 1. The molecule has 0 unspecified atom stereocenters. The van der Waals surface area contributed by atoms with Gasteiger partial charge in [0.1, 0.15) is 12.0 Å². The van der Waals surface area contributed by atoms with Gasteiger partial charge in [0.05, 0.1) is 10.5 Å². The second-order valence-electron chi connectivity index (χ2n) is 2.85. The number of nitro groups is 1. The fourth-order valence-electron chi connectivity index (χ4n) is 1.18. The van der Waals surface area contributed by atoms with E-state index in [1.807, 2.05) is 0 Å². The summed E-state index contributed by atoms with van der Waals surface area (Å²) in [6, 6.07) is 4.67. The van der Waals surface area contributed by atoms with Crippen molar-refractivity contribution in [2.24, 2.45) is 0 Å². The van der Waals surface area contributed by atoms with E-state index in [1.54, 1.807) is 18.2 Å². The average Bonchev–Trinajstić information content (AvgIpc) is 2.17. The lowest BCUT2D eigenvalue weighted by Gasteiger charge is -1.99. The first-order chi connectivity index (χ1) is 7.16. The van der Waals surface area contributed by atoms with E-state index in [1.165, 1.54) is 12.1 Å². The van der Waals surface area contributed by atoms with Crippen LogP contribution in [0.3, 0.4) is 0 Å². The van der Waals surface area contributed by atoms with Gasteiger partial charge in [0.15, 0.2) is 0 Å². The van der Waals surface area contributed by atoms with Gasteiger partial charge in [0.25, 0.3) is 5.69 Å². The summed E-state index contributed by atoms with van der Waals surface area (Å²) >= 11 is 0. The molecule has 0 aliphatic heterocycles. The van der Waals surface area contributed by atoms with Crippen LogP contribution in [0, 0.1) is 10.1 Å². The summed E-state index contributed by atoms with van der Waals surface area (Å²) in [6.45, 7) is 0. The van der Waals surface area contributed by atoms with Crippen LogP contribution in [0.15, 0.2) is 24.3 Å². The van der Waals surface area contributed by atoms with Crippen molar-refractivity contribution in [3.63, 3.8) is 0 Å². The second kappa shape index (κ2) is 4.90. The summed E-state index contributed by atoms with van der Waals surface area (Å²) in [4.78, 5) is 20.2. The normalized spacial score (nSPS) is 10.4. The largest absolute Gasteiger partial charge is 0.393 e. The number of carbonyl (C=O) groups excluding carboxylic acids is 1. The van der Waals surface area contributed by atoms with Gasteiger partial charge in [-0.1, -0.05) is 18.2 Å². The van der Waals surface area contributed by atoms with Crippen molar-refractivity contribution in [3.05, 3.63) is 40.0 Å². The molecule has 1 aromatic rings. The van der Waals surface area contributed by atoms with Crippen molar-refractivity contribution < 1.29 is 9.72 Å². The predicted octanol–water partition coefficient (Wildman–Crippen LogP) is 1.78.